The highest BCUT2D eigenvalue weighted by atomic mass is 16.4. The van der Waals surface area contributed by atoms with E-state index in [4.69, 9.17) is 13.3 Å². The minimum atomic E-state index is -0.433. The van der Waals surface area contributed by atoms with Crippen LogP contribution in [0.5, 0.6) is 0 Å². The zero-order valence-corrected chi connectivity index (χ0v) is 69.7. The molecule has 0 fully saturated rings. The van der Waals surface area contributed by atoms with Crippen LogP contribution in [0.3, 0.4) is 0 Å². The molecule has 0 saturated heterocycles. The van der Waals surface area contributed by atoms with E-state index < -0.39 is 5.41 Å². The lowest BCUT2D eigenvalue weighted by atomic mass is 9.70. The Morgan fingerprint density at radius 3 is 1.07 bits per heavy atom. The van der Waals surface area contributed by atoms with Gasteiger partial charge in [0.2, 0.25) is 0 Å². The predicted octanol–water partition coefficient (Wildman–Crippen LogP) is 28.8. The van der Waals surface area contributed by atoms with Gasteiger partial charge in [-0.15, -0.1) is 0 Å². The quantitative estimate of drug-likeness (QED) is 0.128. The van der Waals surface area contributed by atoms with Gasteiger partial charge in [0.1, 0.15) is 16.7 Å². The molecule has 28 rings (SSSR count). The van der Waals surface area contributed by atoms with E-state index in [0.717, 1.165) is 88.1 Å². The van der Waals surface area contributed by atoms with Crippen molar-refractivity contribution in [3.63, 3.8) is 0 Å². The van der Waals surface area contributed by atoms with Crippen molar-refractivity contribution >= 4 is 131 Å². The lowest BCUT2D eigenvalue weighted by molar-refractivity contribution is 0.569. The first kappa shape index (κ1) is 72.4. The molecule has 24 aromatic rings. The summed E-state index contributed by atoms with van der Waals surface area (Å²) in [5.41, 5.74) is 33.2. The third-order valence-corrected chi connectivity index (χ3v) is 28.3. The predicted molar refractivity (Wildman–Crippen MR) is 520 cm³/mol. The van der Waals surface area contributed by atoms with Crippen LogP contribution in [0.1, 0.15) is 72.2 Å². The molecule has 0 unspecified atom stereocenters. The van der Waals surface area contributed by atoms with Crippen LogP contribution >= 0.6 is 0 Å². The van der Waals surface area contributed by atoms with Crippen molar-refractivity contribution in [3.05, 3.63) is 458 Å². The first-order valence-corrected chi connectivity index (χ1v) is 43.5. The highest BCUT2D eigenvalue weighted by molar-refractivity contribution is 6.19. The summed E-state index contributed by atoms with van der Waals surface area (Å²) in [6.07, 6.45) is 0. The van der Waals surface area contributed by atoms with Crippen molar-refractivity contribution in [2.75, 3.05) is 0 Å². The Bertz CT molecular complexity index is 9150. The molecule has 9 heteroatoms. The van der Waals surface area contributed by atoms with Crippen LogP contribution in [-0.4, -0.2) is 13.7 Å². The summed E-state index contributed by atoms with van der Waals surface area (Å²) in [5.74, 6) is 0. The molecule has 0 N–H and O–H groups in total. The highest BCUT2D eigenvalue weighted by Crippen LogP contribution is 2.65. The summed E-state index contributed by atoms with van der Waals surface area (Å²) >= 11 is 0. The number of hydrogen-bond donors (Lipinski definition) is 0. The second-order valence-corrected chi connectivity index (χ2v) is 35.4. The zero-order valence-electron chi connectivity index (χ0n) is 69.7. The van der Waals surface area contributed by atoms with E-state index in [1.807, 2.05) is 97.1 Å². The van der Waals surface area contributed by atoms with Gasteiger partial charge >= 0.3 is 16.9 Å². The molecule has 6 heterocycles. The first-order chi connectivity index (χ1) is 62.3. The van der Waals surface area contributed by atoms with Crippen LogP contribution in [0.15, 0.2) is 410 Å². The molecule has 4 aliphatic rings. The molecule has 598 valence electrons. The monoisotopic (exact) mass is 1630 g/mol. The van der Waals surface area contributed by atoms with Crippen LogP contribution < -0.4 is 16.9 Å². The number of fused-ring (bicyclic) bond motifs is 35. The summed E-state index contributed by atoms with van der Waals surface area (Å²) in [6.45, 7) is 9.28. The van der Waals surface area contributed by atoms with Gasteiger partial charge in [0.05, 0.1) is 54.7 Å². The molecule has 0 radical (unpaired) electrons. The SMILES string of the molecule is CC1(C)c2ccccc2-c2cc3c4cc(-c5ccc6c(c5)c(=O)oc5ccccc56)ccc4n(-c4ccccc4)c3cc21.CC1(C)c2ccccc2-c2cc3c4ccccc4n(-c4ccc5c(c4)c(=O)oc4ccccc45)c3cc21.O=c1oc2ccccc2c2ccc(-n3c4ccccc4c4ccc5c(c43)-c3ccccc3C53c4ccccc4-c4ccccc43)cc12. The van der Waals surface area contributed by atoms with Crippen LogP contribution in [0.2, 0.25) is 0 Å². The summed E-state index contributed by atoms with van der Waals surface area (Å²) < 4.78 is 24.2. The first-order valence-electron chi connectivity index (χ1n) is 43.5. The highest BCUT2D eigenvalue weighted by Gasteiger charge is 2.52. The van der Waals surface area contributed by atoms with Crippen molar-refractivity contribution in [2.45, 2.75) is 43.9 Å². The molecule has 0 amide bonds. The topological polar surface area (TPSA) is 105 Å². The molecule has 9 nitrogen and oxygen atoms in total. The number of hydrogen-bond acceptors (Lipinski definition) is 6. The smallest absolute Gasteiger partial charge is 0.344 e. The molecule has 6 aromatic heterocycles. The maximum absolute atomic E-state index is 13.4. The van der Waals surface area contributed by atoms with E-state index in [2.05, 4.69) is 327 Å². The fourth-order valence-corrected chi connectivity index (χ4v) is 22.7. The Morgan fingerprint density at radius 2 is 0.551 bits per heavy atom. The molecule has 1 spiro atoms. The zero-order chi connectivity index (χ0) is 84.6. The standard InChI is InChI=1S/C44H25NO2.C40H27NO2.C34H23NO2/c46-43-34-25-26(21-22-27(34)31-14-5-10-20-40(31)47-43)45-39-19-9-4-13-30(39)32-23-24-38-41(42(32)45)33-15-3-8-18-37(33)44(38)35-16-6-1-11-28(35)29-12-2-7-17-36(29)44;1-40(2)34-14-8-6-12-28(34)30-22-32-31-20-25(17-19-36(31)41(37(32)23-35(30)40)26-10-4-3-5-11-26)24-16-18-27-29-13-7-9-15-38(29)43-39(42)33(27)21-24;1-34(2)28-12-6-3-9-22(28)25-18-26-23-10-4-7-13-30(23)35(31(26)19-29(25)34)20-15-16-21-24-11-5-8-14-32(24)37-33(36)27(21)17-20/h1-25H;3-23H,1-2H3;3-19H,1-2H3. The Morgan fingerprint density at radius 1 is 0.205 bits per heavy atom. The second kappa shape index (κ2) is 26.6. The maximum Gasteiger partial charge on any atom is 0.344 e. The van der Waals surface area contributed by atoms with Crippen LogP contribution in [-0.2, 0) is 16.2 Å². The average molecular weight is 1630 g/mol. The average Bonchev–Trinajstić information content (AvgIpc) is 1.50. The third-order valence-electron chi connectivity index (χ3n) is 28.3. The van der Waals surface area contributed by atoms with Crippen LogP contribution in [0.25, 0.3) is 203 Å². The van der Waals surface area contributed by atoms with Gasteiger partial charge in [-0.25, -0.2) is 14.4 Å². The number of rotatable bonds is 4. The van der Waals surface area contributed by atoms with E-state index in [-0.39, 0.29) is 27.7 Å². The van der Waals surface area contributed by atoms with Crippen molar-refractivity contribution in [1.29, 1.82) is 0 Å². The minimum Gasteiger partial charge on any atom is -0.422 e. The second-order valence-electron chi connectivity index (χ2n) is 35.4. The molecule has 0 bridgehead atoms. The summed E-state index contributed by atoms with van der Waals surface area (Å²) in [6, 6.07) is 135. The van der Waals surface area contributed by atoms with E-state index in [1.165, 1.54) is 127 Å². The van der Waals surface area contributed by atoms with Crippen LogP contribution in [0.4, 0.5) is 0 Å². The van der Waals surface area contributed by atoms with E-state index >= 15 is 0 Å². The molecule has 0 aliphatic heterocycles. The molecule has 4 aliphatic carbocycles. The van der Waals surface area contributed by atoms with Gasteiger partial charge in [-0.3, -0.25) is 0 Å². The van der Waals surface area contributed by atoms with Crippen LogP contribution in [0, 0.1) is 0 Å². The normalized spacial score (nSPS) is 13.8. The number of para-hydroxylation sites is 6. The summed E-state index contributed by atoms with van der Waals surface area (Å²) in [4.78, 5) is 39.5. The van der Waals surface area contributed by atoms with E-state index in [0.29, 0.717) is 32.9 Å². The van der Waals surface area contributed by atoms with Gasteiger partial charge in [-0.2, -0.15) is 0 Å². The number of benzene rings is 18. The van der Waals surface area contributed by atoms with Gasteiger partial charge < -0.3 is 27.0 Å². The number of aromatic nitrogens is 3. The minimum absolute atomic E-state index is 0.0837. The lowest BCUT2D eigenvalue weighted by Crippen LogP contribution is -2.25. The fourth-order valence-electron chi connectivity index (χ4n) is 22.7. The number of nitrogens with zero attached hydrogens (tertiary/aromatic N) is 3. The molecular weight excluding hydrogens is 1560 g/mol. The van der Waals surface area contributed by atoms with E-state index in [1.54, 1.807) is 0 Å². The van der Waals surface area contributed by atoms with Gasteiger partial charge in [-0.05, 0) is 209 Å². The lowest BCUT2D eigenvalue weighted by Gasteiger charge is -2.30. The van der Waals surface area contributed by atoms with E-state index in [9.17, 15) is 14.4 Å². The van der Waals surface area contributed by atoms with Crippen molar-refractivity contribution in [1.82, 2.24) is 13.7 Å². The van der Waals surface area contributed by atoms with Crippen molar-refractivity contribution < 1.29 is 13.3 Å². The summed E-state index contributed by atoms with van der Waals surface area (Å²) in [5, 5.41) is 14.5. The maximum atomic E-state index is 13.4. The third kappa shape index (κ3) is 10.1. The van der Waals surface area contributed by atoms with Gasteiger partial charge in [-0.1, -0.05) is 301 Å². The largest absolute Gasteiger partial charge is 0.422 e. The Kier molecular flexibility index (Phi) is 15.2. The van der Waals surface area contributed by atoms with Gasteiger partial charge in [0.15, 0.2) is 0 Å². The Hall–Kier alpha value is -16.2. The molecule has 0 saturated carbocycles. The molecule has 0 atom stereocenters. The molecule has 127 heavy (non-hydrogen) atoms. The molecular formula is C118H75N3O6. The fraction of sp³-hybridized carbons (Fsp3) is 0.0593. The Labute approximate surface area is 727 Å². The van der Waals surface area contributed by atoms with Gasteiger partial charge in [0.25, 0.3) is 0 Å². The van der Waals surface area contributed by atoms with Gasteiger partial charge in [0, 0.05) is 92.7 Å². The van der Waals surface area contributed by atoms with Crippen molar-refractivity contribution in [3.8, 4) is 72.7 Å². The summed E-state index contributed by atoms with van der Waals surface area (Å²) in [7, 11) is 0. The molecule has 18 aromatic carbocycles. The Balaban J connectivity index is 0.000000102. The van der Waals surface area contributed by atoms with Crippen molar-refractivity contribution in [2.24, 2.45) is 0 Å².